The van der Waals surface area contributed by atoms with E-state index in [0.717, 1.165) is 50.1 Å². The molecule has 1 aromatic rings. The van der Waals surface area contributed by atoms with Crippen molar-refractivity contribution >= 4 is 17.2 Å². The highest BCUT2D eigenvalue weighted by atomic mass is 32.1. The van der Waals surface area contributed by atoms with Crippen LogP contribution in [0, 0.1) is 24.2 Å². The van der Waals surface area contributed by atoms with Crippen LogP contribution in [0.4, 0.5) is 0 Å². The number of thiazole rings is 1. The first-order valence-electron chi connectivity index (χ1n) is 9.02. The minimum absolute atomic E-state index is 0.105. The molecule has 2 atom stereocenters. The van der Waals surface area contributed by atoms with E-state index in [1.54, 1.807) is 18.4 Å². The average molecular weight is 350 g/mol. The topological polar surface area (TPSA) is 45.7 Å². The number of carbonyl (C=O) groups is 1. The van der Waals surface area contributed by atoms with Crippen LogP contribution in [0.1, 0.15) is 34.8 Å². The summed E-state index contributed by atoms with van der Waals surface area (Å²) in [5.41, 5.74) is 0.830. The van der Waals surface area contributed by atoms with Crippen molar-refractivity contribution in [1.29, 1.82) is 0 Å². The summed E-state index contributed by atoms with van der Waals surface area (Å²) in [5.74, 6) is 1.56. The second kappa shape index (κ2) is 6.39. The second-order valence-electron chi connectivity index (χ2n) is 7.88. The Morgan fingerprint density at radius 2 is 2.29 bits per heavy atom. The predicted molar refractivity (Wildman–Crippen MR) is 94.3 cm³/mol. The molecule has 2 aliphatic heterocycles. The number of hydrogen-bond acceptors (Lipinski definition) is 5. The van der Waals surface area contributed by atoms with Gasteiger partial charge in [0.15, 0.2) is 0 Å². The lowest BCUT2D eigenvalue weighted by Gasteiger charge is -2.30. The van der Waals surface area contributed by atoms with Crippen LogP contribution in [0.25, 0.3) is 0 Å². The molecule has 0 bridgehead atoms. The summed E-state index contributed by atoms with van der Waals surface area (Å²) in [6, 6.07) is 0. The minimum Gasteiger partial charge on any atom is -0.384 e. The standard InChI is InChI=1S/C18H27N3O2S/c1-13-19-16(10-24-13)17(22)21-6-5-18(12-21)11-20(7-14-3-4-14)8-15(18)9-23-2/h10,14-15H,3-9,11-12H2,1-2H3/t15-,18+/m0/s1. The molecule has 0 radical (unpaired) electrons. The van der Waals surface area contributed by atoms with E-state index in [2.05, 4.69) is 9.88 Å². The third kappa shape index (κ3) is 3.11. The summed E-state index contributed by atoms with van der Waals surface area (Å²) in [5, 5.41) is 2.85. The molecule has 0 aromatic carbocycles. The number of aryl methyl sites for hydroxylation is 1. The maximum absolute atomic E-state index is 12.8. The summed E-state index contributed by atoms with van der Waals surface area (Å²) < 4.78 is 5.52. The molecule has 132 valence electrons. The van der Waals surface area contributed by atoms with E-state index < -0.39 is 0 Å². The summed E-state index contributed by atoms with van der Waals surface area (Å²) in [4.78, 5) is 21.8. The van der Waals surface area contributed by atoms with Crippen LogP contribution in [0.2, 0.25) is 0 Å². The largest absolute Gasteiger partial charge is 0.384 e. The van der Waals surface area contributed by atoms with E-state index in [1.165, 1.54) is 19.4 Å². The zero-order valence-electron chi connectivity index (χ0n) is 14.7. The van der Waals surface area contributed by atoms with Gasteiger partial charge in [0.1, 0.15) is 5.69 Å². The molecule has 0 unspecified atom stereocenters. The van der Waals surface area contributed by atoms with Gasteiger partial charge in [-0.05, 0) is 32.1 Å². The number of rotatable bonds is 5. The van der Waals surface area contributed by atoms with Crippen LogP contribution in [0.15, 0.2) is 5.38 Å². The summed E-state index contributed by atoms with van der Waals surface area (Å²) in [6.07, 6.45) is 3.88. The van der Waals surface area contributed by atoms with Crippen LogP contribution >= 0.6 is 11.3 Å². The fraction of sp³-hybridized carbons (Fsp3) is 0.778. The van der Waals surface area contributed by atoms with Crippen LogP contribution in [-0.2, 0) is 4.74 Å². The Balaban J connectivity index is 1.46. The normalized spacial score (nSPS) is 30.6. The molecule has 24 heavy (non-hydrogen) atoms. The van der Waals surface area contributed by atoms with E-state index in [4.69, 9.17) is 4.74 Å². The van der Waals surface area contributed by atoms with Gasteiger partial charge in [-0.25, -0.2) is 4.98 Å². The Kier molecular flexibility index (Phi) is 4.39. The van der Waals surface area contributed by atoms with E-state index in [1.807, 2.05) is 17.2 Å². The summed E-state index contributed by atoms with van der Waals surface area (Å²) in [7, 11) is 1.80. The molecule has 3 fully saturated rings. The Hall–Kier alpha value is -0.980. The van der Waals surface area contributed by atoms with Crippen molar-refractivity contribution in [1.82, 2.24) is 14.8 Å². The zero-order chi connectivity index (χ0) is 16.7. The van der Waals surface area contributed by atoms with Crippen LogP contribution < -0.4 is 0 Å². The Morgan fingerprint density at radius 3 is 2.96 bits per heavy atom. The van der Waals surface area contributed by atoms with E-state index >= 15 is 0 Å². The number of carbonyl (C=O) groups excluding carboxylic acids is 1. The van der Waals surface area contributed by atoms with Gasteiger partial charge in [0.25, 0.3) is 5.91 Å². The third-order valence-corrected chi connectivity index (χ3v) is 6.75. The molecule has 4 rings (SSSR count). The van der Waals surface area contributed by atoms with E-state index in [0.29, 0.717) is 11.6 Å². The first-order chi connectivity index (χ1) is 11.6. The number of nitrogens with zero attached hydrogens (tertiary/aromatic N) is 3. The molecule has 1 spiro atoms. The lowest BCUT2D eigenvalue weighted by Crippen LogP contribution is -2.38. The fourth-order valence-corrected chi connectivity index (χ4v) is 5.12. The first kappa shape index (κ1) is 16.5. The van der Waals surface area contributed by atoms with E-state index in [9.17, 15) is 4.79 Å². The molecule has 1 saturated carbocycles. The molecule has 5 nitrogen and oxygen atoms in total. The van der Waals surface area contributed by atoms with Crippen molar-refractivity contribution in [2.75, 3.05) is 46.4 Å². The Morgan fingerprint density at radius 1 is 1.46 bits per heavy atom. The fourth-order valence-electron chi connectivity index (χ4n) is 4.53. The van der Waals surface area contributed by atoms with Crippen molar-refractivity contribution in [2.45, 2.75) is 26.2 Å². The minimum atomic E-state index is 0.105. The highest BCUT2D eigenvalue weighted by Gasteiger charge is 2.51. The third-order valence-electron chi connectivity index (χ3n) is 5.97. The van der Waals surface area contributed by atoms with Gasteiger partial charge >= 0.3 is 0 Å². The molecule has 3 aliphatic rings. The summed E-state index contributed by atoms with van der Waals surface area (Å²) >= 11 is 1.55. The van der Waals surface area contributed by atoms with Gasteiger partial charge in [0, 0.05) is 56.5 Å². The SMILES string of the molecule is COC[C@@H]1CN(CC2CC2)C[C@@]12CCN(C(=O)c1csc(C)n1)C2. The predicted octanol–water partition coefficient (Wildman–Crippen LogP) is 2.27. The monoisotopic (exact) mass is 349 g/mol. The maximum Gasteiger partial charge on any atom is 0.273 e. The number of methoxy groups -OCH3 is 1. The lowest BCUT2D eigenvalue weighted by atomic mass is 9.77. The Labute approximate surface area is 148 Å². The van der Waals surface area contributed by atoms with Gasteiger partial charge in [-0.15, -0.1) is 11.3 Å². The molecule has 1 amide bonds. The van der Waals surface area contributed by atoms with Gasteiger partial charge in [0.05, 0.1) is 11.6 Å². The number of likely N-dealkylation sites (tertiary alicyclic amines) is 2. The van der Waals surface area contributed by atoms with Crippen molar-refractivity contribution in [3.05, 3.63) is 16.1 Å². The number of aromatic nitrogens is 1. The molecule has 2 saturated heterocycles. The second-order valence-corrected chi connectivity index (χ2v) is 8.94. The smallest absolute Gasteiger partial charge is 0.273 e. The Bertz CT molecular complexity index is 615. The lowest BCUT2D eigenvalue weighted by molar-refractivity contribution is 0.0711. The number of amides is 1. The van der Waals surface area contributed by atoms with Gasteiger partial charge in [-0.2, -0.15) is 0 Å². The van der Waals surface area contributed by atoms with Gasteiger partial charge in [-0.1, -0.05) is 0 Å². The molecule has 6 heteroatoms. The highest BCUT2D eigenvalue weighted by Crippen LogP contribution is 2.45. The molecule has 1 aromatic heterocycles. The van der Waals surface area contributed by atoms with Gasteiger partial charge in [-0.3, -0.25) is 4.79 Å². The van der Waals surface area contributed by atoms with E-state index in [-0.39, 0.29) is 11.3 Å². The van der Waals surface area contributed by atoms with Gasteiger partial charge in [0.2, 0.25) is 0 Å². The molecular formula is C18H27N3O2S. The van der Waals surface area contributed by atoms with Crippen molar-refractivity contribution in [3.8, 4) is 0 Å². The van der Waals surface area contributed by atoms with Crippen molar-refractivity contribution < 1.29 is 9.53 Å². The number of ether oxygens (including phenoxy) is 1. The van der Waals surface area contributed by atoms with Crippen LogP contribution in [0.3, 0.4) is 0 Å². The maximum atomic E-state index is 12.8. The molecular weight excluding hydrogens is 322 g/mol. The highest BCUT2D eigenvalue weighted by molar-refractivity contribution is 7.09. The first-order valence-corrected chi connectivity index (χ1v) is 9.90. The average Bonchev–Trinajstić information content (AvgIpc) is 2.96. The summed E-state index contributed by atoms with van der Waals surface area (Å²) in [6.45, 7) is 7.96. The number of hydrogen-bond donors (Lipinski definition) is 0. The quantitative estimate of drug-likeness (QED) is 0.818. The van der Waals surface area contributed by atoms with Crippen LogP contribution in [0.5, 0.6) is 0 Å². The zero-order valence-corrected chi connectivity index (χ0v) is 15.5. The van der Waals surface area contributed by atoms with Crippen LogP contribution in [-0.4, -0.2) is 67.1 Å². The molecule has 0 N–H and O–H groups in total. The van der Waals surface area contributed by atoms with Gasteiger partial charge < -0.3 is 14.5 Å². The van der Waals surface area contributed by atoms with Crippen molar-refractivity contribution in [2.24, 2.45) is 17.3 Å². The molecule has 3 heterocycles. The molecule has 1 aliphatic carbocycles. The van der Waals surface area contributed by atoms with Crippen molar-refractivity contribution in [3.63, 3.8) is 0 Å².